The van der Waals surface area contributed by atoms with Gasteiger partial charge >= 0.3 is 0 Å². The molecule has 0 saturated heterocycles. The Morgan fingerprint density at radius 1 is 1.29 bits per heavy atom. The van der Waals surface area contributed by atoms with Crippen LogP contribution in [0.5, 0.6) is 0 Å². The van der Waals surface area contributed by atoms with Gasteiger partial charge in [-0.25, -0.2) is 4.99 Å². The fourth-order valence-electron chi connectivity index (χ4n) is 3.26. The number of nitrogens with zero attached hydrogens (tertiary/aromatic N) is 4. The number of aromatic nitrogens is 3. The molecule has 138 valence electrons. The van der Waals surface area contributed by atoms with Crippen LogP contribution in [0.15, 0.2) is 11.3 Å². The van der Waals surface area contributed by atoms with E-state index in [1.807, 2.05) is 4.57 Å². The highest BCUT2D eigenvalue weighted by atomic mass is 127. The Bertz CT molecular complexity index is 491. The lowest BCUT2D eigenvalue weighted by Gasteiger charge is -2.32. The average Bonchev–Trinajstić information content (AvgIpc) is 3.01. The number of halogens is 1. The molecule has 1 aromatic heterocycles. The van der Waals surface area contributed by atoms with Crippen molar-refractivity contribution in [1.29, 1.82) is 0 Å². The van der Waals surface area contributed by atoms with Crippen LogP contribution >= 0.6 is 24.0 Å². The normalized spacial score (nSPS) is 21.5. The van der Waals surface area contributed by atoms with Crippen molar-refractivity contribution in [3.63, 3.8) is 0 Å². The number of hydrogen-bond donors (Lipinski definition) is 2. The summed E-state index contributed by atoms with van der Waals surface area (Å²) in [6, 6.07) is 0.534. The van der Waals surface area contributed by atoms with E-state index in [1.165, 1.54) is 25.7 Å². The van der Waals surface area contributed by atoms with Crippen molar-refractivity contribution in [1.82, 2.24) is 25.4 Å². The first kappa shape index (κ1) is 21.2. The molecule has 1 aliphatic carbocycles. The minimum Gasteiger partial charge on any atom is -0.357 e. The minimum atomic E-state index is 0. The maximum Gasteiger partial charge on any atom is 0.191 e. The van der Waals surface area contributed by atoms with Gasteiger partial charge in [0.15, 0.2) is 11.8 Å². The van der Waals surface area contributed by atoms with E-state index >= 15 is 0 Å². The molecule has 2 N–H and O–H groups in total. The van der Waals surface area contributed by atoms with Crippen molar-refractivity contribution in [3.05, 3.63) is 12.2 Å². The summed E-state index contributed by atoms with van der Waals surface area (Å²) in [5, 5.41) is 15.0. The summed E-state index contributed by atoms with van der Waals surface area (Å²) in [7, 11) is 0. The van der Waals surface area contributed by atoms with Crippen molar-refractivity contribution in [2.24, 2.45) is 16.8 Å². The molecule has 0 amide bonds. The molecule has 0 aliphatic heterocycles. The van der Waals surface area contributed by atoms with E-state index in [4.69, 9.17) is 0 Å². The van der Waals surface area contributed by atoms with Gasteiger partial charge in [-0.3, -0.25) is 0 Å². The zero-order chi connectivity index (χ0) is 16.7. The van der Waals surface area contributed by atoms with Gasteiger partial charge in [0.05, 0.1) is 0 Å². The molecule has 1 heterocycles. The summed E-state index contributed by atoms with van der Waals surface area (Å²) in [6.45, 7) is 11.2. The van der Waals surface area contributed by atoms with E-state index in [9.17, 15) is 0 Å². The second-order valence-electron chi connectivity index (χ2n) is 6.73. The Morgan fingerprint density at radius 2 is 2.00 bits per heavy atom. The van der Waals surface area contributed by atoms with E-state index in [-0.39, 0.29) is 24.0 Å². The number of nitrogens with one attached hydrogen (secondary N) is 2. The van der Waals surface area contributed by atoms with E-state index in [2.05, 4.69) is 53.5 Å². The van der Waals surface area contributed by atoms with Gasteiger partial charge in [-0.05, 0) is 51.4 Å². The predicted octanol–water partition coefficient (Wildman–Crippen LogP) is 3.19. The largest absolute Gasteiger partial charge is 0.357 e. The first-order valence-corrected chi connectivity index (χ1v) is 9.05. The first-order chi connectivity index (χ1) is 11.1. The van der Waals surface area contributed by atoms with Gasteiger partial charge < -0.3 is 15.2 Å². The van der Waals surface area contributed by atoms with Gasteiger partial charge in [-0.1, -0.05) is 13.8 Å². The Hall–Kier alpha value is -0.860. The highest BCUT2D eigenvalue weighted by molar-refractivity contribution is 14.0. The summed E-state index contributed by atoms with van der Waals surface area (Å²) in [6.07, 6.45) is 6.87. The van der Waals surface area contributed by atoms with E-state index in [1.54, 1.807) is 6.33 Å². The summed E-state index contributed by atoms with van der Waals surface area (Å²) < 4.78 is 2.03. The fraction of sp³-hybridized carbons (Fsp3) is 0.824. The Balaban J connectivity index is 0.00000288. The minimum absolute atomic E-state index is 0. The molecular formula is C17H33IN6. The maximum absolute atomic E-state index is 4.68. The van der Waals surface area contributed by atoms with E-state index in [0.29, 0.717) is 12.6 Å². The Labute approximate surface area is 163 Å². The average molecular weight is 448 g/mol. The monoisotopic (exact) mass is 448 g/mol. The van der Waals surface area contributed by atoms with Gasteiger partial charge in [-0.15, -0.1) is 34.2 Å². The zero-order valence-corrected chi connectivity index (χ0v) is 17.8. The Kier molecular flexibility index (Phi) is 9.61. The number of aryl methyl sites for hydroxylation is 1. The van der Waals surface area contributed by atoms with Crippen LogP contribution in [0.3, 0.4) is 0 Å². The number of hydrogen-bond acceptors (Lipinski definition) is 3. The smallest absolute Gasteiger partial charge is 0.191 e. The van der Waals surface area contributed by atoms with Crippen LogP contribution < -0.4 is 10.6 Å². The molecule has 0 spiro atoms. The molecule has 0 bridgehead atoms. The highest BCUT2D eigenvalue weighted by Gasteiger charge is 2.23. The molecular weight excluding hydrogens is 415 g/mol. The van der Waals surface area contributed by atoms with Crippen LogP contribution in [-0.2, 0) is 13.1 Å². The third-order valence-electron chi connectivity index (χ3n) is 4.81. The summed E-state index contributed by atoms with van der Waals surface area (Å²) >= 11 is 0. The van der Waals surface area contributed by atoms with Crippen molar-refractivity contribution in [2.75, 3.05) is 6.54 Å². The lowest BCUT2D eigenvalue weighted by Crippen LogP contribution is -2.45. The molecule has 0 atom stereocenters. The molecule has 6 nitrogen and oxygen atoms in total. The van der Waals surface area contributed by atoms with Crippen LogP contribution in [-0.4, -0.2) is 33.3 Å². The summed E-state index contributed by atoms with van der Waals surface area (Å²) in [5.41, 5.74) is 0. The lowest BCUT2D eigenvalue weighted by atomic mass is 9.80. The molecule has 1 aliphatic rings. The fourth-order valence-corrected chi connectivity index (χ4v) is 3.26. The van der Waals surface area contributed by atoms with Crippen LogP contribution in [0.2, 0.25) is 0 Å². The highest BCUT2D eigenvalue weighted by Crippen LogP contribution is 2.29. The molecule has 0 radical (unpaired) electrons. The molecule has 2 rings (SSSR count). The van der Waals surface area contributed by atoms with Gasteiger partial charge in [0.25, 0.3) is 0 Å². The predicted molar refractivity (Wildman–Crippen MR) is 110 cm³/mol. The number of guanidine groups is 1. The van der Waals surface area contributed by atoms with Crippen LogP contribution in [0.1, 0.15) is 59.2 Å². The number of aliphatic imine (C=N–C) groups is 1. The quantitative estimate of drug-likeness (QED) is 0.399. The molecule has 7 heteroatoms. The van der Waals surface area contributed by atoms with Crippen molar-refractivity contribution in [2.45, 2.75) is 72.5 Å². The summed E-state index contributed by atoms with van der Waals surface area (Å²) in [5.74, 6) is 3.49. The standard InChI is InChI=1S/C17H32N6.HI/c1-5-18-17(19-11-16-22-20-12-23(16)6-2)21-15-9-7-14(8-10-15)13(3)4;/h12-15H,5-11H2,1-4H3,(H2,18,19,21);1H. The second-order valence-corrected chi connectivity index (χ2v) is 6.73. The second kappa shape index (κ2) is 10.9. The molecule has 24 heavy (non-hydrogen) atoms. The maximum atomic E-state index is 4.68. The van der Waals surface area contributed by atoms with Gasteiger partial charge in [0, 0.05) is 19.1 Å². The molecule has 1 fully saturated rings. The van der Waals surface area contributed by atoms with Crippen molar-refractivity contribution in [3.8, 4) is 0 Å². The zero-order valence-electron chi connectivity index (χ0n) is 15.5. The van der Waals surface area contributed by atoms with E-state index < -0.39 is 0 Å². The Morgan fingerprint density at radius 3 is 2.58 bits per heavy atom. The SMILES string of the molecule is CCNC(=NCc1nncn1CC)NC1CCC(C(C)C)CC1.I. The molecule has 0 unspecified atom stereocenters. The van der Waals surface area contributed by atoms with Crippen LogP contribution in [0.25, 0.3) is 0 Å². The molecule has 1 aromatic rings. The molecule has 1 saturated carbocycles. The van der Waals surface area contributed by atoms with Gasteiger partial charge in [-0.2, -0.15) is 0 Å². The van der Waals surface area contributed by atoms with Crippen molar-refractivity contribution >= 4 is 29.9 Å². The topological polar surface area (TPSA) is 67.1 Å². The summed E-state index contributed by atoms with van der Waals surface area (Å²) in [4.78, 5) is 4.68. The lowest BCUT2D eigenvalue weighted by molar-refractivity contribution is 0.250. The van der Waals surface area contributed by atoms with Crippen LogP contribution in [0, 0.1) is 11.8 Å². The first-order valence-electron chi connectivity index (χ1n) is 9.05. The molecule has 0 aromatic carbocycles. The van der Waals surface area contributed by atoms with Gasteiger partial charge in [0.1, 0.15) is 12.9 Å². The third kappa shape index (κ3) is 6.22. The van der Waals surface area contributed by atoms with Crippen LogP contribution in [0.4, 0.5) is 0 Å². The third-order valence-corrected chi connectivity index (χ3v) is 4.81. The van der Waals surface area contributed by atoms with Crippen molar-refractivity contribution < 1.29 is 0 Å². The van der Waals surface area contributed by atoms with Gasteiger partial charge in [0.2, 0.25) is 0 Å². The van der Waals surface area contributed by atoms with E-state index in [0.717, 1.165) is 36.7 Å². The number of rotatable bonds is 6.